The van der Waals surface area contributed by atoms with Crippen LogP contribution in [0.3, 0.4) is 0 Å². The lowest BCUT2D eigenvalue weighted by Gasteiger charge is -2.25. The van der Waals surface area contributed by atoms with Gasteiger partial charge in [0.1, 0.15) is 0 Å². The number of aliphatic hydroxyl groups is 1. The first kappa shape index (κ1) is 14.2. The van der Waals surface area contributed by atoms with E-state index in [0.29, 0.717) is 16.0 Å². The highest BCUT2D eigenvalue weighted by molar-refractivity contribution is 6.42. The van der Waals surface area contributed by atoms with Crippen LogP contribution in [0.25, 0.3) is 0 Å². The van der Waals surface area contributed by atoms with Crippen molar-refractivity contribution in [2.75, 3.05) is 0 Å². The molecule has 1 aliphatic rings. The van der Waals surface area contributed by atoms with E-state index in [1.165, 1.54) is 32.1 Å². The van der Waals surface area contributed by atoms with Crippen molar-refractivity contribution in [1.82, 2.24) is 0 Å². The molecule has 1 aromatic carbocycles. The Labute approximate surface area is 119 Å². The molecule has 1 aromatic rings. The maximum absolute atomic E-state index is 10.5. The first-order valence-corrected chi connectivity index (χ1v) is 7.57. The summed E-state index contributed by atoms with van der Waals surface area (Å²) in [6, 6.07) is 5.45. The van der Waals surface area contributed by atoms with Crippen molar-refractivity contribution in [2.45, 2.75) is 51.0 Å². The van der Waals surface area contributed by atoms with Gasteiger partial charge in [-0.2, -0.15) is 0 Å². The minimum absolute atomic E-state index is 0.363. The number of benzene rings is 1. The average molecular weight is 287 g/mol. The Kier molecular flexibility index (Phi) is 5.35. The monoisotopic (exact) mass is 286 g/mol. The van der Waals surface area contributed by atoms with E-state index in [1.807, 2.05) is 6.07 Å². The summed E-state index contributed by atoms with van der Waals surface area (Å²) in [5, 5.41) is 11.5. The van der Waals surface area contributed by atoms with Crippen LogP contribution >= 0.6 is 23.2 Å². The Hall–Kier alpha value is -0.240. The first-order chi connectivity index (χ1) is 8.68. The van der Waals surface area contributed by atoms with Crippen LogP contribution in [0.1, 0.15) is 56.6 Å². The minimum Gasteiger partial charge on any atom is -0.388 e. The van der Waals surface area contributed by atoms with E-state index < -0.39 is 6.10 Å². The normalized spacial score (nSPS) is 20.2. The molecule has 1 N–H and O–H groups in total. The van der Waals surface area contributed by atoms with Crippen LogP contribution in [-0.4, -0.2) is 5.11 Å². The van der Waals surface area contributed by atoms with E-state index >= 15 is 0 Å². The molecule has 0 aromatic heterocycles. The quantitative estimate of drug-likeness (QED) is 0.773. The fourth-order valence-corrected chi connectivity index (χ4v) is 3.08. The van der Waals surface area contributed by atoms with Crippen molar-refractivity contribution >= 4 is 23.2 Å². The number of hydrogen-bond acceptors (Lipinski definition) is 1. The van der Waals surface area contributed by atoms with Gasteiger partial charge in [0.05, 0.1) is 16.1 Å². The molecule has 1 unspecified atom stereocenters. The van der Waals surface area contributed by atoms with Gasteiger partial charge >= 0.3 is 0 Å². The van der Waals surface area contributed by atoms with Crippen LogP contribution in [0.15, 0.2) is 18.2 Å². The third kappa shape index (κ3) is 3.63. The van der Waals surface area contributed by atoms with Crippen LogP contribution in [0.4, 0.5) is 0 Å². The molecule has 100 valence electrons. The second kappa shape index (κ2) is 6.79. The Morgan fingerprint density at radius 3 is 2.17 bits per heavy atom. The van der Waals surface area contributed by atoms with Gasteiger partial charge in [0, 0.05) is 0 Å². The highest BCUT2D eigenvalue weighted by Gasteiger charge is 2.22. The molecule has 0 saturated heterocycles. The standard InChI is InChI=1S/C15H20Cl2O/c16-13-9-8-12(10-14(13)17)15(18)11-6-4-2-1-3-5-7-11/h8-11,15,18H,1-7H2. The SMILES string of the molecule is OC(c1ccc(Cl)c(Cl)c1)C1CCCCCCC1. The molecule has 0 aliphatic heterocycles. The van der Waals surface area contributed by atoms with Crippen molar-refractivity contribution in [1.29, 1.82) is 0 Å². The fourth-order valence-electron chi connectivity index (χ4n) is 2.77. The second-order valence-corrected chi connectivity index (χ2v) is 6.04. The number of rotatable bonds is 2. The van der Waals surface area contributed by atoms with Crippen molar-refractivity contribution in [3.8, 4) is 0 Å². The molecule has 0 amide bonds. The molecule has 3 heteroatoms. The third-order valence-corrected chi connectivity index (χ3v) is 4.62. The molecule has 2 rings (SSSR count). The Bertz CT molecular complexity index is 384. The van der Waals surface area contributed by atoms with E-state index in [1.54, 1.807) is 12.1 Å². The summed E-state index contributed by atoms with van der Waals surface area (Å²) in [5.41, 5.74) is 0.898. The van der Waals surface area contributed by atoms with Crippen LogP contribution in [0.5, 0.6) is 0 Å². The zero-order valence-corrected chi connectivity index (χ0v) is 12.1. The Balaban J connectivity index is 2.08. The molecule has 18 heavy (non-hydrogen) atoms. The van der Waals surface area contributed by atoms with Gasteiger partial charge in [-0.25, -0.2) is 0 Å². The smallest absolute Gasteiger partial charge is 0.0818 e. The lowest BCUT2D eigenvalue weighted by molar-refractivity contribution is 0.0913. The third-order valence-electron chi connectivity index (χ3n) is 3.88. The molecule has 0 bridgehead atoms. The minimum atomic E-state index is -0.405. The van der Waals surface area contributed by atoms with E-state index in [2.05, 4.69) is 0 Å². The van der Waals surface area contributed by atoms with Gasteiger partial charge in [-0.3, -0.25) is 0 Å². The Morgan fingerprint density at radius 1 is 0.944 bits per heavy atom. The van der Waals surface area contributed by atoms with Gasteiger partial charge in [0.2, 0.25) is 0 Å². The summed E-state index contributed by atoms with van der Waals surface area (Å²) >= 11 is 11.9. The topological polar surface area (TPSA) is 20.2 Å². The van der Waals surface area contributed by atoms with Crippen molar-refractivity contribution in [3.05, 3.63) is 33.8 Å². The summed E-state index contributed by atoms with van der Waals surface area (Å²) in [6.45, 7) is 0. The molecular formula is C15H20Cl2O. The summed E-state index contributed by atoms with van der Waals surface area (Å²) in [6.07, 6.45) is 8.21. The highest BCUT2D eigenvalue weighted by atomic mass is 35.5. The molecule has 1 atom stereocenters. The number of hydrogen-bond donors (Lipinski definition) is 1. The lowest BCUT2D eigenvalue weighted by atomic mass is 9.84. The van der Waals surface area contributed by atoms with Crippen LogP contribution in [-0.2, 0) is 0 Å². The molecule has 0 radical (unpaired) electrons. The summed E-state index contributed by atoms with van der Waals surface area (Å²) in [4.78, 5) is 0. The van der Waals surface area contributed by atoms with Gasteiger partial charge < -0.3 is 5.11 Å². The molecule has 0 spiro atoms. The van der Waals surface area contributed by atoms with Gasteiger partial charge in [0.15, 0.2) is 0 Å². The van der Waals surface area contributed by atoms with Crippen LogP contribution in [0.2, 0.25) is 10.0 Å². The summed E-state index contributed by atoms with van der Waals surface area (Å²) in [5.74, 6) is 0.363. The summed E-state index contributed by atoms with van der Waals surface area (Å²) < 4.78 is 0. The average Bonchev–Trinajstić information content (AvgIpc) is 2.31. The highest BCUT2D eigenvalue weighted by Crippen LogP contribution is 2.35. The van der Waals surface area contributed by atoms with E-state index in [9.17, 15) is 5.11 Å². The molecule has 0 heterocycles. The van der Waals surface area contributed by atoms with Crippen molar-refractivity contribution < 1.29 is 5.11 Å². The predicted molar refractivity (Wildman–Crippen MR) is 77.2 cm³/mol. The number of halogens is 2. The maximum Gasteiger partial charge on any atom is 0.0818 e. The summed E-state index contributed by atoms with van der Waals surface area (Å²) in [7, 11) is 0. The zero-order valence-electron chi connectivity index (χ0n) is 10.5. The first-order valence-electron chi connectivity index (χ1n) is 6.81. The van der Waals surface area contributed by atoms with E-state index in [-0.39, 0.29) is 0 Å². The molecule has 1 aliphatic carbocycles. The molecule has 1 nitrogen and oxygen atoms in total. The van der Waals surface area contributed by atoms with Gasteiger partial charge in [-0.15, -0.1) is 0 Å². The molecule has 1 saturated carbocycles. The van der Waals surface area contributed by atoms with Gasteiger partial charge in [-0.1, -0.05) is 61.4 Å². The zero-order chi connectivity index (χ0) is 13.0. The molecular weight excluding hydrogens is 267 g/mol. The van der Waals surface area contributed by atoms with Crippen molar-refractivity contribution in [3.63, 3.8) is 0 Å². The number of aliphatic hydroxyl groups excluding tert-OH is 1. The predicted octanol–water partition coefficient (Wildman–Crippen LogP) is 5.39. The van der Waals surface area contributed by atoms with Crippen molar-refractivity contribution in [2.24, 2.45) is 5.92 Å². The van der Waals surface area contributed by atoms with Crippen LogP contribution in [0, 0.1) is 5.92 Å². The molecule has 1 fully saturated rings. The van der Waals surface area contributed by atoms with Gasteiger partial charge in [0.25, 0.3) is 0 Å². The van der Waals surface area contributed by atoms with Crippen LogP contribution < -0.4 is 0 Å². The van der Waals surface area contributed by atoms with Gasteiger partial charge in [-0.05, 0) is 36.5 Å². The second-order valence-electron chi connectivity index (χ2n) is 5.22. The Morgan fingerprint density at radius 2 is 1.56 bits per heavy atom. The van der Waals surface area contributed by atoms with E-state index in [4.69, 9.17) is 23.2 Å². The maximum atomic E-state index is 10.5. The largest absolute Gasteiger partial charge is 0.388 e. The lowest BCUT2D eigenvalue weighted by Crippen LogP contribution is -2.14. The van der Waals surface area contributed by atoms with E-state index in [0.717, 1.165) is 18.4 Å². The fraction of sp³-hybridized carbons (Fsp3) is 0.600.